The summed E-state index contributed by atoms with van der Waals surface area (Å²) in [6.45, 7) is 1.38. The number of aliphatic hydroxyl groups is 3. The Labute approximate surface area is 125 Å². The third-order valence-corrected chi connectivity index (χ3v) is 3.78. The van der Waals surface area contributed by atoms with E-state index >= 15 is 0 Å². The highest BCUT2D eigenvalue weighted by Gasteiger charge is 2.57. The maximum atomic E-state index is 10.7. The lowest BCUT2D eigenvalue weighted by molar-refractivity contribution is -0.275. The van der Waals surface area contributed by atoms with E-state index in [4.69, 9.17) is 15.2 Å². The summed E-state index contributed by atoms with van der Waals surface area (Å²) in [5.74, 6) is -1.71. The van der Waals surface area contributed by atoms with E-state index < -0.39 is 30.8 Å². The summed E-state index contributed by atoms with van der Waals surface area (Å²) in [5, 5.41) is 30.8. The van der Waals surface area contributed by atoms with Gasteiger partial charge in [-0.3, -0.25) is 0 Å². The first-order valence-corrected chi connectivity index (χ1v) is 6.90. The van der Waals surface area contributed by atoms with Gasteiger partial charge in [-0.1, -0.05) is 0 Å². The van der Waals surface area contributed by atoms with Crippen molar-refractivity contribution in [2.75, 3.05) is 18.9 Å². The normalized spacial score (nSPS) is 31.9. The van der Waals surface area contributed by atoms with Crippen LogP contribution in [0.25, 0.3) is 11.0 Å². The largest absolute Gasteiger partial charge is 0.394 e. The molecule has 1 aliphatic heterocycles. The molecule has 3 rings (SSSR count). The van der Waals surface area contributed by atoms with Gasteiger partial charge in [0.05, 0.1) is 12.0 Å². The fourth-order valence-corrected chi connectivity index (χ4v) is 2.73. The maximum Gasteiger partial charge on any atom is 0.241 e. The van der Waals surface area contributed by atoms with Crippen LogP contribution >= 0.6 is 0 Å². The van der Waals surface area contributed by atoms with E-state index in [0.29, 0.717) is 16.9 Å². The van der Waals surface area contributed by atoms with Crippen molar-refractivity contribution < 1.29 is 24.8 Å². The molecule has 0 amide bonds. The first-order valence-electron chi connectivity index (χ1n) is 6.90. The van der Waals surface area contributed by atoms with Gasteiger partial charge in [0, 0.05) is 12.8 Å². The van der Waals surface area contributed by atoms with Crippen LogP contribution in [0, 0.1) is 0 Å². The summed E-state index contributed by atoms with van der Waals surface area (Å²) in [5.41, 5.74) is 6.22. The van der Waals surface area contributed by atoms with Crippen LogP contribution in [0.3, 0.4) is 0 Å². The van der Waals surface area contributed by atoms with Crippen molar-refractivity contribution in [3.05, 3.63) is 18.6 Å². The highest BCUT2D eigenvalue weighted by Crippen LogP contribution is 2.41. The first-order chi connectivity index (χ1) is 10.5. The molecule has 1 unspecified atom stereocenters. The molecule has 1 fully saturated rings. The standard InChI is InChI=1S/C13H18N4O5/c1-2-21-13(20)9(19)8(5-18)22-12(13)17-4-3-7-10(14)15-6-16-11(7)17/h3-4,6,8-9,12,18-20H,2,5H2,1H3,(H2,14,15,16)/t8-,9-,12?,13+/m1/s1. The molecule has 5 N–H and O–H groups in total. The lowest BCUT2D eigenvalue weighted by Crippen LogP contribution is -2.49. The second-order valence-electron chi connectivity index (χ2n) is 5.06. The number of nitrogens with two attached hydrogens (primary N) is 1. The van der Waals surface area contributed by atoms with Crippen molar-refractivity contribution in [1.82, 2.24) is 14.5 Å². The van der Waals surface area contributed by atoms with Crippen LogP contribution in [0.15, 0.2) is 18.6 Å². The molecule has 9 heteroatoms. The van der Waals surface area contributed by atoms with Gasteiger partial charge in [0.15, 0.2) is 6.23 Å². The molecule has 1 saturated heterocycles. The van der Waals surface area contributed by atoms with Crippen molar-refractivity contribution >= 4 is 16.9 Å². The monoisotopic (exact) mass is 310 g/mol. The predicted octanol–water partition coefficient (Wildman–Crippen LogP) is -1.01. The fourth-order valence-electron chi connectivity index (χ4n) is 2.73. The van der Waals surface area contributed by atoms with Crippen molar-refractivity contribution in [1.29, 1.82) is 0 Å². The van der Waals surface area contributed by atoms with E-state index in [-0.39, 0.29) is 6.61 Å². The number of nitrogens with zero attached hydrogens (tertiary/aromatic N) is 3. The average molecular weight is 310 g/mol. The van der Waals surface area contributed by atoms with Gasteiger partial charge in [0.2, 0.25) is 5.79 Å². The van der Waals surface area contributed by atoms with Gasteiger partial charge in [-0.05, 0) is 13.0 Å². The zero-order valence-electron chi connectivity index (χ0n) is 12.0. The molecule has 1 aliphatic rings. The Morgan fingerprint density at radius 3 is 2.95 bits per heavy atom. The number of fused-ring (bicyclic) bond motifs is 1. The summed E-state index contributed by atoms with van der Waals surface area (Å²) in [4.78, 5) is 8.02. The Balaban J connectivity index is 2.09. The highest BCUT2D eigenvalue weighted by molar-refractivity contribution is 5.86. The lowest BCUT2D eigenvalue weighted by Gasteiger charge is -2.31. The minimum absolute atomic E-state index is 0.155. The second-order valence-corrected chi connectivity index (χ2v) is 5.06. The topological polar surface area (TPSA) is 136 Å². The molecular weight excluding hydrogens is 292 g/mol. The summed E-state index contributed by atoms with van der Waals surface area (Å²) < 4.78 is 12.4. The van der Waals surface area contributed by atoms with Crippen LogP contribution in [0.1, 0.15) is 13.2 Å². The quantitative estimate of drug-likeness (QED) is 0.527. The number of aliphatic hydroxyl groups excluding tert-OH is 2. The van der Waals surface area contributed by atoms with Gasteiger partial charge in [-0.2, -0.15) is 0 Å². The predicted molar refractivity (Wildman–Crippen MR) is 75.5 cm³/mol. The summed E-state index contributed by atoms with van der Waals surface area (Å²) in [7, 11) is 0. The van der Waals surface area contributed by atoms with Crippen molar-refractivity contribution in [2.24, 2.45) is 0 Å². The van der Waals surface area contributed by atoms with Crippen molar-refractivity contribution in [3.8, 4) is 0 Å². The van der Waals surface area contributed by atoms with E-state index in [2.05, 4.69) is 9.97 Å². The smallest absolute Gasteiger partial charge is 0.241 e. The molecule has 0 aliphatic carbocycles. The Morgan fingerprint density at radius 1 is 1.50 bits per heavy atom. The third kappa shape index (κ3) is 2.06. The van der Waals surface area contributed by atoms with Gasteiger partial charge < -0.3 is 35.1 Å². The molecule has 4 atom stereocenters. The Hall–Kier alpha value is -1.78. The van der Waals surface area contributed by atoms with Gasteiger partial charge in [-0.15, -0.1) is 0 Å². The van der Waals surface area contributed by atoms with E-state index in [1.54, 1.807) is 19.2 Å². The molecule has 0 spiro atoms. The molecule has 0 bridgehead atoms. The van der Waals surface area contributed by atoms with Gasteiger partial charge in [0.1, 0.15) is 30.0 Å². The first kappa shape index (κ1) is 15.1. The van der Waals surface area contributed by atoms with Crippen LogP contribution in [0.5, 0.6) is 0 Å². The van der Waals surface area contributed by atoms with Crippen LogP contribution in [-0.2, 0) is 9.47 Å². The summed E-state index contributed by atoms with van der Waals surface area (Å²) in [6, 6.07) is 1.68. The fraction of sp³-hybridized carbons (Fsp3) is 0.538. The van der Waals surface area contributed by atoms with Gasteiger partial charge in [0.25, 0.3) is 0 Å². The average Bonchev–Trinajstić information content (AvgIpc) is 3.02. The molecule has 2 aromatic heterocycles. The SMILES string of the molecule is CCO[C@]1(O)C(n2ccc3c(N)ncnc32)O[C@H](CO)[C@H]1O. The number of hydrogen-bond donors (Lipinski definition) is 4. The Morgan fingerprint density at radius 2 is 2.27 bits per heavy atom. The third-order valence-electron chi connectivity index (χ3n) is 3.78. The number of anilines is 1. The molecule has 2 aromatic rings. The van der Waals surface area contributed by atoms with Gasteiger partial charge >= 0.3 is 0 Å². The Bertz CT molecular complexity index is 677. The zero-order chi connectivity index (χ0) is 15.9. The Kier molecular flexibility index (Phi) is 3.75. The molecule has 0 saturated carbocycles. The summed E-state index contributed by atoms with van der Waals surface area (Å²) >= 11 is 0. The molecule has 3 heterocycles. The van der Waals surface area contributed by atoms with E-state index in [1.807, 2.05) is 0 Å². The number of hydrogen-bond acceptors (Lipinski definition) is 8. The van der Waals surface area contributed by atoms with Crippen LogP contribution in [-0.4, -0.2) is 61.1 Å². The van der Waals surface area contributed by atoms with Crippen LogP contribution in [0.4, 0.5) is 5.82 Å². The van der Waals surface area contributed by atoms with Gasteiger partial charge in [-0.25, -0.2) is 9.97 Å². The number of aromatic nitrogens is 3. The molecule has 120 valence electrons. The molecular formula is C13H18N4O5. The van der Waals surface area contributed by atoms with Crippen LogP contribution in [0.2, 0.25) is 0 Å². The maximum absolute atomic E-state index is 10.7. The number of rotatable bonds is 4. The second kappa shape index (κ2) is 5.45. The van der Waals surface area contributed by atoms with Crippen molar-refractivity contribution in [2.45, 2.75) is 31.1 Å². The van der Waals surface area contributed by atoms with E-state index in [1.165, 1.54) is 10.9 Å². The molecule has 0 aromatic carbocycles. The van der Waals surface area contributed by atoms with Crippen molar-refractivity contribution in [3.63, 3.8) is 0 Å². The minimum Gasteiger partial charge on any atom is -0.394 e. The molecule has 22 heavy (non-hydrogen) atoms. The number of nitrogen functional groups attached to an aromatic ring is 1. The molecule has 9 nitrogen and oxygen atoms in total. The lowest BCUT2D eigenvalue weighted by atomic mass is 10.1. The minimum atomic E-state index is -2.01. The summed E-state index contributed by atoms with van der Waals surface area (Å²) in [6.07, 6.45) is -0.553. The van der Waals surface area contributed by atoms with E-state index in [9.17, 15) is 15.3 Å². The highest BCUT2D eigenvalue weighted by atomic mass is 16.7. The zero-order valence-corrected chi connectivity index (χ0v) is 12.0. The van der Waals surface area contributed by atoms with Crippen LogP contribution < -0.4 is 5.73 Å². The number of ether oxygens (including phenoxy) is 2. The molecule has 0 radical (unpaired) electrons. The van der Waals surface area contributed by atoms with E-state index in [0.717, 1.165) is 0 Å².